The van der Waals surface area contributed by atoms with E-state index in [-0.39, 0.29) is 0 Å². The minimum Gasteiger partial charge on any atom is -0.474 e. The summed E-state index contributed by atoms with van der Waals surface area (Å²) in [4.78, 5) is 12.9. The van der Waals surface area contributed by atoms with Crippen molar-refractivity contribution in [2.24, 2.45) is 0 Å². The largest absolute Gasteiger partial charge is 0.474 e. The molecule has 4 rings (SSSR count). The van der Waals surface area contributed by atoms with Gasteiger partial charge in [-0.1, -0.05) is 0 Å². The number of aryl methyl sites for hydroxylation is 1. The third-order valence-corrected chi connectivity index (χ3v) is 3.90. The van der Waals surface area contributed by atoms with Gasteiger partial charge in [0.25, 0.3) is 0 Å². The van der Waals surface area contributed by atoms with E-state index in [2.05, 4.69) is 27.1 Å². The number of nitriles is 1. The first-order valence-electron chi connectivity index (χ1n) is 8.01. The molecule has 1 aromatic carbocycles. The molecule has 0 amide bonds. The number of fused-ring (bicyclic) bond motifs is 1. The molecule has 0 aliphatic carbocycles. The Labute approximate surface area is 149 Å². The smallest absolute Gasteiger partial charge is 0.241 e. The molecule has 0 spiro atoms. The van der Waals surface area contributed by atoms with Crippen LogP contribution in [0.25, 0.3) is 10.9 Å². The maximum absolute atomic E-state index is 8.95. The molecule has 6 nitrogen and oxygen atoms in total. The van der Waals surface area contributed by atoms with Gasteiger partial charge >= 0.3 is 0 Å². The van der Waals surface area contributed by atoms with E-state index in [1.807, 2.05) is 31.3 Å². The van der Waals surface area contributed by atoms with E-state index < -0.39 is 6.10 Å². The van der Waals surface area contributed by atoms with E-state index in [4.69, 9.17) is 14.4 Å². The third-order valence-electron chi connectivity index (χ3n) is 3.90. The Balaban J connectivity index is 1.72. The molecule has 0 fully saturated rings. The Morgan fingerprint density at radius 3 is 2.73 bits per heavy atom. The number of ether oxygens (including phenoxy) is 1. The zero-order valence-corrected chi connectivity index (χ0v) is 14.0. The Bertz CT molecular complexity index is 1080. The maximum Gasteiger partial charge on any atom is 0.241 e. The molecule has 126 valence electrons. The number of rotatable bonds is 4. The molecule has 3 heterocycles. The monoisotopic (exact) mass is 342 g/mol. The topological polar surface area (TPSA) is 84.8 Å². The number of oxazole rings is 1. The SMILES string of the molecule is Cc1cnc2ccc(OC(c3ccc(C#N)cn3)c3ncco3)cc2c1. The van der Waals surface area contributed by atoms with Crippen LogP contribution in [0.1, 0.15) is 28.8 Å². The molecular weight excluding hydrogens is 328 g/mol. The van der Waals surface area contributed by atoms with Gasteiger partial charge in [-0.15, -0.1) is 0 Å². The van der Waals surface area contributed by atoms with Crippen molar-refractivity contribution in [3.05, 3.63) is 84.0 Å². The van der Waals surface area contributed by atoms with Crippen LogP contribution in [0.3, 0.4) is 0 Å². The predicted octanol–water partition coefficient (Wildman–Crippen LogP) is 3.97. The van der Waals surface area contributed by atoms with Crippen molar-refractivity contribution < 1.29 is 9.15 Å². The van der Waals surface area contributed by atoms with E-state index in [0.29, 0.717) is 22.9 Å². The van der Waals surface area contributed by atoms with Crippen molar-refractivity contribution >= 4 is 10.9 Å². The van der Waals surface area contributed by atoms with Gasteiger partial charge in [0.15, 0.2) is 0 Å². The van der Waals surface area contributed by atoms with E-state index in [1.54, 1.807) is 18.3 Å². The lowest BCUT2D eigenvalue weighted by Crippen LogP contribution is -2.11. The maximum atomic E-state index is 8.95. The highest BCUT2D eigenvalue weighted by Gasteiger charge is 2.22. The van der Waals surface area contributed by atoms with Gasteiger partial charge in [-0.3, -0.25) is 9.97 Å². The molecule has 0 aliphatic rings. The first-order valence-corrected chi connectivity index (χ1v) is 8.01. The number of nitrogens with zero attached hydrogens (tertiary/aromatic N) is 4. The van der Waals surface area contributed by atoms with Gasteiger partial charge in [-0.2, -0.15) is 5.26 Å². The summed E-state index contributed by atoms with van der Waals surface area (Å²) >= 11 is 0. The summed E-state index contributed by atoms with van der Waals surface area (Å²) in [5.41, 5.74) is 3.06. The van der Waals surface area contributed by atoms with Gasteiger partial charge in [0, 0.05) is 17.8 Å². The summed E-state index contributed by atoms with van der Waals surface area (Å²) in [6.07, 6.45) is 5.76. The van der Waals surface area contributed by atoms with E-state index in [0.717, 1.165) is 16.5 Å². The molecule has 0 aliphatic heterocycles. The van der Waals surface area contributed by atoms with Crippen molar-refractivity contribution in [1.82, 2.24) is 15.0 Å². The molecule has 6 heteroatoms. The van der Waals surface area contributed by atoms with E-state index in [1.165, 1.54) is 12.5 Å². The Kier molecular flexibility index (Phi) is 4.04. The standard InChI is InChI=1S/C20H14N4O2/c1-13-8-15-9-16(3-5-17(15)23-11-13)26-19(20-22-6-7-25-20)18-4-2-14(10-21)12-24-18/h2-9,11-12,19H,1H3. The van der Waals surface area contributed by atoms with Gasteiger partial charge in [0.05, 0.1) is 23.0 Å². The molecule has 0 bridgehead atoms. The van der Waals surface area contributed by atoms with Crippen LogP contribution in [-0.2, 0) is 0 Å². The van der Waals surface area contributed by atoms with Crippen molar-refractivity contribution in [3.63, 3.8) is 0 Å². The minimum absolute atomic E-state index is 0.393. The molecule has 1 atom stereocenters. The van der Waals surface area contributed by atoms with E-state index >= 15 is 0 Å². The quantitative estimate of drug-likeness (QED) is 0.558. The number of benzene rings is 1. The number of aromatic nitrogens is 3. The summed E-state index contributed by atoms with van der Waals surface area (Å²) in [7, 11) is 0. The fourth-order valence-electron chi connectivity index (χ4n) is 2.66. The number of hydrogen-bond acceptors (Lipinski definition) is 6. The summed E-state index contributed by atoms with van der Waals surface area (Å²) in [5.74, 6) is 1.05. The first-order chi connectivity index (χ1) is 12.7. The molecule has 3 aromatic heterocycles. The summed E-state index contributed by atoms with van der Waals surface area (Å²) < 4.78 is 11.6. The van der Waals surface area contributed by atoms with Gasteiger partial charge in [0.1, 0.15) is 18.1 Å². The van der Waals surface area contributed by atoms with Crippen LogP contribution in [-0.4, -0.2) is 15.0 Å². The van der Waals surface area contributed by atoms with Crippen LogP contribution in [0.15, 0.2) is 65.7 Å². The highest BCUT2D eigenvalue weighted by molar-refractivity contribution is 5.80. The van der Waals surface area contributed by atoms with Crippen molar-refractivity contribution in [2.75, 3.05) is 0 Å². The molecule has 4 aromatic rings. The molecule has 0 radical (unpaired) electrons. The lowest BCUT2D eigenvalue weighted by atomic mass is 10.1. The van der Waals surface area contributed by atoms with Crippen LogP contribution >= 0.6 is 0 Å². The number of hydrogen-bond donors (Lipinski definition) is 0. The van der Waals surface area contributed by atoms with Gasteiger partial charge in [0.2, 0.25) is 12.0 Å². The second kappa shape index (κ2) is 6.65. The molecule has 0 saturated heterocycles. The van der Waals surface area contributed by atoms with E-state index in [9.17, 15) is 0 Å². The average molecular weight is 342 g/mol. The zero-order valence-electron chi connectivity index (χ0n) is 14.0. The van der Waals surface area contributed by atoms with Crippen LogP contribution in [0.5, 0.6) is 5.75 Å². The average Bonchev–Trinajstić information content (AvgIpc) is 3.20. The molecular formula is C20H14N4O2. The van der Waals surface area contributed by atoms with Gasteiger partial charge in [-0.25, -0.2) is 4.98 Å². The minimum atomic E-state index is -0.618. The Hall–Kier alpha value is -3.72. The molecule has 0 saturated carbocycles. The first kappa shape index (κ1) is 15.8. The lowest BCUT2D eigenvalue weighted by Gasteiger charge is -2.16. The summed E-state index contributed by atoms with van der Waals surface area (Å²) in [6.45, 7) is 2.00. The van der Waals surface area contributed by atoms with Crippen LogP contribution in [0.4, 0.5) is 0 Å². The normalized spacial score (nSPS) is 11.8. The Morgan fingerprint density at radius 1 is 1.08 bits per heavy atom. The van der Waals surface area contributed by atoms with Gasteiger partial charge < -0.3 is 9.15 Å². The Morgan fingerprint density at radius 2 is 2.00 bits per heavy atom. The zero-order chi connectivity index (χ0) is 17.9. The van der Waals surface area contributed by atoms with Crippen molar-refractivity contribution in [3.8, 4) is 11.8 Å². The fourth-order valence-corrected chi connectivity index (χ4v) is 2.66. The highest BCUT2D eigenvalue weighted by atomic mass is 16.5. The highest BCUT2D eigenvalue weighted by Crippen LogP contribution is 2.28. The van der Waals surface area contributed by atoms with Crippen LogP contribution < -0.4 is 4.74 Å². The lowest BCUT2D eigenvalue weighted by molar-refractivity contribution is 0.203. The van der Waals surface area contributed by atoms with Crippen LogP contribution in [0.2, 0.25) is 0 Å². The fraction of sp³-hybridized carbons (Fsp3) is 0.100. The predicted molar refractivity (Wildman–Crippen MR) is 94.4 cm³/mol. The summed E-state index contributed by atoms with van der Waals surface area (Å²) in [5, 5.41) is 9.94. The summed E-state index contributed by atoms with van der Waals surface area (Å²) in [6, 6.07) is 13.2. The third kappa shape index (κ3) is 3.10. The second-order valence-electron chi connectivity index (χ2n) is 5.82. The molecule has 1 unspecified atom stereocenters. The molecule has 0 N–H and O–H groups in total. The molecule has 26 heavy (non-hydrogen) atoms. The van der Waals surface area contributed by atoms with Crippen molar-refractivity contribution in [1.29, 1.82) is 5.26 Å². The number of pyridine rings is 2. The van der Waals surface area contributed by atoms with Gasteiger partial charge in [-0.05, 0) is 48.9 Å². The second-order valence-corrected chi connectivity index (χ2v) is 5.82. The van der Waals surface area contributed by atoms with Crippen LogP contribution in [0, 0.1) is 18.3 Å². The van der Waals surface area contributed by atoms with Crippen molar-refractivity contribution in [2.45, 2.75) is 13.0 Å².